The molecule has 18 heavy (non-hydrogen) atoms. The predicted octanol–water partition coefficient (Wildman–Crippen LogP) is 2.74. The molecule has 94 valence electrons. The third-order valence-corrected chi connectivity index (χ3v) is 2.68. The number of benzene rings is 1. The van der Waals surface area contributed by atoms with Crippen molar-refractivity contribution >= 4 is 17.4 Å². The number of ether oxygens (including phenoxy) is 1. The number of aromatic nitrogens is 1. The highest BCUT2D eigenvalue weighted by atomic mass is 35.5. The van der Waals surface area contributed by atoms with Gasteiger partial charge in [0.25, 0.3) is 0 Å². The van der Waals surface area contributed by atoms with Crippen LogP contribution in [0.1, 0.15) is 11.1 Å². The van der Waals surface area contributed by atoms with Gasteiger partial charge in [-0.15, -0.1) is 0 Å². The smallest absolute Gasteiger partial charge is 0.145 e. The summed E-state index contributed by atoms with van der Waals surface area (Å²) in [6.07, 6.45) is 1.68. The zero-order valence-electron chi connectivity index (χ0n) is 9.77. The Bertz CT molecular complexity index is 519. The summed E-state index contributed by atoms with van der Waals surface area (Å²) in [5, 5.41) is 0.710. The molecule has 0 saturated heterocycles. The number of nitrogens with two attached hydrogens (primary N) is 1. The topological polar surface area (TPSA) is 60.2 Å². The van der Waals surface area contributed by atoms with Gasteiger partial charge < -0.3 is 10.2 Å². The van der Waals surface area contributed by atoms with E-state index in [1.54, 1.807) is 6.20 Å². The molecule has 0 amide bonds. The Morgan fingerprint density at radius 3 is 2.89 bits per heavy atom. The predicted molar refractivity (Wildman–Crippen MR) is 72.0 cm³/mol. The lowest BCUT2D eigenvalue weighted by Gasteiger charge is -2.08. The van der Waals surface area contributed by atoms with E-state index in [9.17, 15) is 0 Å². The minimum absolute atomic E-state index is 0.444. The second-order valence-corrected chi connectivity index (χ2v) is 4.21. The van der Waals surface area contributed by atoms with Crippen LogP contribution in [-0.2, 0) is 18.0 Å². The van der Waals surface area contributed by atoms with E-state index in [4.69, 9.17) is 22.2 Å². The van der Waals surface area contributed by atoms with Gasteiger partial charge in [-0.3, -0.25) is 0 Å². The van der Waals surface area contributed by atoms with Crippen LogP contribution < -0.4 is 11.3 Å². The Morgan fingerprint density at radius 2 is 2.11 bits per heavy atom. The van der Waals surface area contributed by atoms with Gasteiger partial charge in [0.15, 0.2) is 0 Å². The van der Waals surface area contributed by atoms with Gasteiger partial charge in [0, 0.05) is 16.8 Å². The monoisotopic (exact) mass is 263 g/mol. The summed E-state index contributed by atoms with van der Waals surface area (Å²) in [5.41, 5.74) is 4.50. The summed E-state index contributed by atoms with van der Waals surface area (Å²) in [6.45, 7) is 0.944. The van der Waals surface area contributed by atoms with Crippen LogP contribution in [0.3, 0.4) is 0 Å². The van der Waals surface area contributed by atoms with E-state index in [0.717, 1.165) is 11.1 Å². The van der Waals surface area contributed by atoms with E-state index < -0.39 is 0 Å². The molecule has 0 fully saturated rings. The molecule has 0 saturated carbocycles. The number of halogens is 1. The van der Waals surface area contributed by atoms with Crippen LogP contribution in [0.2, 0.25) is 5.02 Å². The first-order chi connectivity index (χ1) is 8.79. The van der Waals surface area contributed by atoms with Crippen molar-refractivity contribution in [3.63, 3.8) is 0 Å². The third-order valence-electron chi connectivity index (χ3n) is 2.44. The Labute approximate surface area is 111 Å². The summed E-state index contributed by atoms with van der Waals surface area (Å²) in [7, 11) is 0. The van der Waals surface area contributed by atoms with Crippen molar-refractivity contribution in [2.45, 2.75) is 13.2 Å². The molecule has 0 aliphatic carbocycles. The van der Waals surface area contributed by atoms with Crippen molar-refractivity contribution in [3.8, 4) is 0 Å². The van der Waals surface area contributed by atoms with Gasteiger partial charge >= 0.3 is 0 Å². The lowest BCUT2D eigenvalue weighted by molar-refractivity contribution is 0.107. The maximum Gasteiger partial charge on any atom is 0.145 e. The van der Waals surface area contributed by atoms with Crippen LogP contribution in [0.25, 0.3) is 0 Å². The van der Waals surface area contributed by atoms with E-state index in [0.29, 0.717) is 24.1 Å². The van der Waals surface area contributed by atoms with E-state index in [2.05, 4.69) is 10.4 Å². The normalized spacial score (nSPS) is 10.3. The molecule has 2 rings (SSSR count). The summed E-state index contributed by atoms with van der Waals surface area (Å²) in [5.74, 6) is 6.00. The van der Waals surface area contributed by atoms with Crippen LogP contribution in [0.15, 0.2) is 42.6 Å². The Hall–Kier alpha value is -1.62. The van der Waals surface area contributed by atoms with Gasteiger partial charge in [0.1, 0.15) is 5.82 Å². The summed E-state index contributed by atoms with van der Waals surface area (Å²) < 4.78 is 5.61. The molecule has 0 spiro atoms. The summed E-state index contributed by atoms with van der Waals surface area (Å²) >= 11 is 5.90. The lowest BCUT2D eigenvalue weighted by Crippen LogP contribution is -2.11. The fourth-order valence-corrected chi connectivity index (χ4v) is 1.80. The number of hydrogen-bond donors (Lipinski definition) is 2. The molecule has 0 atom stereocenters. The first-order valence-corrected chi connectivity index (χ1v) is 5.90. The second-order valence-electron chi connectivity index (χ2n) is 3.78. The Kier molecular flexibility index (Phi) is 4.52. The van der Waals surface area contributed by atoms with Crippen molar-refractivity contribution < 1.29 is 4.74 Å². The summed E-state index contributed by atoms with van der Waals surface area (Å²) in [6, 6.07) is 11.4. The quantitative estimate of drug-likeness (QED) is 0.643. The fraction of sp³-hybridized carbons (Fsp3) is 0.154. The maximum absolute atomic E-state index is 5.90. The van der Waals surface area contributed by atoms with Crippen LogP contribution in [0.5, 0.6) is 0 Å². The van der Waals surface area contributed by atoms with Gasteiger partial charge in [-0.25, -0.2) is 10.8 Å². The molecule has 1 aromatic heterocycles. The van der Waals surface area contributed by atoms with Gasteiger partial charge in [0.05, 0.1) is 13.2 Å². The second kappa shape index (κ2) is 6.35. The Morgan fingerprint density at radius 1 is 1.22 bits per heavy atom. The number of nitrogen functional groups attached to an aromatic ring is 1. The zero-order chi connectivity index (χ0) is 12.8. The first-order valence-electron chi connectivity index (χ1n) is 5.52. The van der Waals surface area contributed by atoms with E-state index in [1.165, 1.54) is 0 Å². The molecular weight excluding hydrogens is 250 g/mol. The van der Waals surface area contributed by atoms with Crippen LogP contribution in [0, 0.1) is 0 Å². The Balaban J connectivity index is 1.92. The molecule has 4 nitrogen and oxygen atoms in total. The van der Waals surface area contributed by atoms with E-state index >= 15 is 0 Å². The van der Waals surface area contributed by atoms with Gasteiger partial charge in [-0.2, -0.15) is 0 Å². The van der Waals surface area contributed by atoms with Gasteiger partial charge in [-0.05, 0) is 23.8 Å². The minimum atomic E-state index is 0.444. The van der Waals surface area contributed by atoms with Crippen molar-refractivity contribution in [2.75, 3.05) is 5.43 Å². The molecule has 0 radical (unpaired) electrons. The zero-order valence-corrected chi connectivity index (χ0v) is 10.5. The number of anilines is 1. The number of pyridine rings is 1. The molecule has 0 aliphatic rings. The molecular formula is C13H14ClN3O. The lowest BCUT2D eigenvalue weighted by atomic mass is 10.2. The van der Waals surface area contributed by atoms with Crippen molar-refractivity contribution in [1.29, 1.82) is 0 Å². The van der Waals surface area contributed by atoms with Gasteiger partial charge in [-0.1, -0.05) is 29.8 Å². The maximum atomic E-state index is 5.90. The highest BCUT2D eigenvalue weighted by molar-refractivity contribution is 6.30. The van der Waals surface area contributed by atoms with Crippen molar-refractivity contribution in [3.05, 3.63) is 58.7 Å². The fourth-order valence-electron chi connectivity index (χ4n) is 1.59. The summed E-state index contributed by atoms with van der Waals surface area (Å²) in [4.78, 5) is 4.10. The molecule has 3 N–H and O–H groups in total. The SMILES string of the molecule is NNc1ncccc1COCc1cccc(Cl)c1. The number of rotatable bonds is 5. The van der Waals surface area contributed by atoms with Crippen LogP contribution in [-0.4, -0.2) is 4.98 Å². The largest absolute Gasteiger partial charge is 0.372 e. The first kappa shape index (κ1) is 12.8. The van der Waals surface area contributed by atoms with Crippen molar-refractivity contribution in [1.82, 2.24) is 4.98 Å². The highest BCUT2D eigenvalue weighted by Gasteiger charge is 2.02. The number of hydrogen-bond acceptors (Lipinski definition) is 4. The highest BCUT2D eigenvalue weighted by Crippen LogP contribution is 2.14. The van der Waals surface area contributed by atoms with Gasteiger partial charge in [0.2, 0.25) is 0 Å². The van der Waals surface area contributed by atoms with E-state index in [1.807, 2.05) is 36.4 Å². The number of nitrogens with zero attached hydrogens (tertiary/aromatic N) is 1. The standard InChI is InChI=1S/C13H14ClN3O/c14-12-5-1-3-10(7-12)8-18-9-11-4-2-6-16-13(11)17-15/h1-7H,8-9,15H2,(H,16,17). The molecule has 0 aliphatic heterocycles. The van der Waals surface area contributed by atoms with Crippen molar-refractivity contribution in [2.24, 2.45) is 5.84 Å². The van der Waals surface area contributed by atoms with Crippen LogP contribution >= 0.6 is 11.6 Å². The average molecular weight is 264 g/mol. The average Bonchev–Trinajstić information content (AvgIpc) is 2.39. The molecule has 0 bridgehead atoms. The third kappa shape index (κ3) is 3.43. The van der Waals surface area contributed by atoms with E-state index in [-0.39, 0.29) is 0 Å². The van der Waals surface area contributed by atoms with Crippen LogP contribution in [0.4, 0.5) is 5.82 Å². The molecule has 1 aromatic carbocycles. The molecule has 5 heteroatoms. The number of hydrazine groups is 1. The molecule has 0 unspecified atom stereocenters. The minimum Gasteiger partial charge on any atom is -0.372 e. The molecule has 1 heterocycles. The number of nitrogens with one attached hydrogen (secondary N) is 1. The molecule has 2 aromatic rings.